The molecule has 0 amide bonds. The molecule has 1 heterocycles. The van der Waals surface area contributed by atoms with E-state index in [9.17, 15) is 9.90 Å². The van der Waals surface area contributed by atoms with Crippen LogP contribution in [0, 0.1) is 0 Å². The maximum absolute atomic E-state index is 11.5. The molecule has 1 aliphatic carbocycles. The largest absolute Gasteiger partial charge is 0.480 e. The van der Waals surface area contributed by atoms with Crippen molar-refractivity contribution in [3.63, 3.8) is 0 Å². The molecule has 0 bridgehead atoms. The van der Waals surface area contributed by atoms with E-state index < -0.39 is 11.4 Å². The van der Waals surface area contributed by atoms with Crippen molar-refractivity contribution in [1.82, 2.24) is 9.97 Å². The molecule has 1 saturated carbocycles. The van der Waals surface area contributed by atoms with Gasteiger partial charge in [0, 0.05) is 16.2 Å². The Balaban J connectivity index is 2.02. The Morgan fingerprint density at radius 2 is 1.90 bits per heavy atom. The second-order valence-electron chi connectivity index (χ2n) is 5.01. The van der Waals surface area contributed by atoms with E-state index in [1.165, 1.54) is 0 Å². The fourth-order valence-corrected chi connectivity index (χ4v) is 2.70. The molecule has 20 heavy (non-hydrogen) atoms. The first-order valence-electron chi connectivity index (χ1n) is 6.45. The van der Waals surface area contributed by atoms with E-state index in [0.29, 0.717) is 18.7 Å². The van der Waals surface area contributed by atoms with Crippen molar-refractivity contribution in [1.29, 1.82) is 0 Å². The molecule has 2 aromatic rings. The number of carboxylic acids is 1. The number of carboxylic acid groups (broad SMARTS) is 1. The first-order chi connectivity index (χ1) is 9.62. The number of aliphatic carboxylic acids is 1. The van der Waals surface area contributed by atoms with Gasteiger partial charge in [0.2, 0.25) is 0 Å². The number of carbonyl (C=O) groups is 1. The lowest BCUT2D eigenvalue weighted by atomic mass is 9.68. The number of aromatic nitrogens is 2. The van der Waals surface area contributed by atoms with E-state index in [1.54, 1.807) is 12.3 Å². The molecule has 3 rings (SSSR count). The Bertz CT molecular complexity index is 651. The maximum Gasteiger partial charge on any atom is 0.317 e. The summed E-state index contributed by atoms with van der Waals surface area (Å²) in [5, 5.41) is 9.45. The summed E-state index contributed by atoms with van der Waals surface area (Å²) in [5.41, 5.74) is 0.831. The summed E-state index contributed by atoms with van der Waals surface area (Å²) in [7, 11) is 0. The third-order valence-electron chi connectivity index (χ3n) is 3.84. The highest BCUT2D eigenvalue weighted by Gasteiger charge is 2.48. The van der Waals surface area contributed by atoms with Gasteiger partial charge in [-0.2, -0.15) is 0 Å². The molecule has 0 unspecified atom stereocenters. The van der Waals surface area contributed by atoms with Gasteiger partial charge in [0.1, 0.15) is 11.2 Å². The van der Waals surface area contributed by atoms with Crippen LogP contribution >= 0.6 is 15.9 Å². The second kappa shape index (κ2) is 4.98. The molecule has 1 fully saturated rings. The first-order valence-corrected chi connectivity index (χ1v) is 7.24. The molecular formula is C15H13BrN2O2. The minimum atomic E-state index is -0.884. The lowest BCUT2D eigenvalue weighted by molar-refractivity contribution is -0.147. The van der Waals surface area contributed by atoms with Crippen LogP contribution in [0.3, 0.4) is 0 Å². The molecule has 1 aromatic carbocycles. The number of hydrogen-bond donors (Lipinski definition) is 1. The summed E-state index contributed by atoms with van der Waals surface area (Å²) < 4.78 is 0.997. The molecule has 0 saturated heterocycles. The molecule has 0 radical (unpaired) electrons. The minimum Gasteiger partial charge on any atom is -0.480 e. The summed E-state index contributed by atoms with van der Waals surface area (Å²) in [6.07, 6.45) is 3.79. The highest BCUT2D eigenvalue weighted by molar-refractivity contribution is 9.10. The van der Waals surface area contributed by atoms with Crippen LogP contribution in [0.1, 0.15) is 25.1 Å². The van der Waals surface area contributed by atoms with E-state index in [4.69, 9.17) is 0 Å². The van der Waals surface area contributed by atoms with Gasteiger partial charge < -0.3 is 5.11 Å². The Morgan fingerprint density at radius 1 is 1.20 bits per heavy atom. The van der Waals surface area contributed by atoms with Crippen LogP contribution in [0.5, 0.6) is 0 Å². The summed E-state index contributed by atoms with van der Waals surface area (Å²) in [4.78, 5) is 20.2. The highest BCUT2D eigenvalue weighted by atomic mass is 79.9. The van der Waals surface area contributed by atoms with Crippen molar-refractivity contribution >= 4 is 21.9 Å². The number of rotatable bonds is 3. The van der Waals surface area contributed by atoms with Crippen LogP contribution in [0.25, 0.3) is 11.3 Å². The van der Waals surface area contributed by atoms with Crippen LogP contribution in [0.4, 0.5) is 0 Å². The van der Waals surface area contributed by atoms with E-state index in [2.05, 4.69) is 25.9 Å². The Hall–Kier alpha value is -1.75. The quantitative estimate of drug-likeness (QED) is 0.935. The molecule has 0 atom stereocenters. The summed E-state index contributed by atoms with van der Waals surface area (Å²) in [6.45, 7) is 0. The van der Waals surface area contributed by atoms with E-state index in [0.717, 1.165) is 22.2 Å². The zero-order valence-corrected chi connectivity index (χ0v) is 12.3. The summed E-state index contributed by atoms with van der Waals surface area (Å²) >= 11 is 3.39. The lowest BCUT2D eigenvalue weighted by Gasteiger charge is -2.35. The Kier molecular flexibility index (Phi) is 3.30. The molecule has 1 aliphatic rings. The van der Waals surface area contributed by atoms with Gasteiger partial charge >= 0.3 is 5.97 Å². The van der Waals surface area contributed by atoms with Crippen LogP contribution in [-0.4, -0.2) is 21.0 Å². The molecule has 0 aliphatic heterocycles. The average molecular weight is 333 g/mol. The first kappa shape index (κ1) is 13.2. The molecular weight excluding hydrogens is 320 g/mol. The summed E-state index contributed by atoms with van der Waals surface area (Å²) in [6, 6.07) is 9.58. The van der Waals surface area contributed by atoms with Crippen LogP contribution < -0.4 is 0 Å². The van der Waals surface area contributed by atoms with E-state index in [-0.39, 0.29) is 0 Å². The standard InChI is InChI=1S/C15H13BrN2O2/c16-11-4-2-10(3-5-11)12-6-9-17-13(18-12)15(14(19)20)7-1-8-15/h2-6,9H,1,7-8H2,(H,19,20). The van der Waals surface area contributed by atoms with Gasteiger partial charge in [-0.1, -0.05) is 34.5 Å². The number of hydrogen-bond acceptors (Lipinski definition) is 3. The third kappa shape index (κ3) is 2.12. The van der Waals surface area contributed by atoms with Gasteiger partial charge in [0.05, 0.1) is 5.69 Å². The van der Waals surface area contributed by atoms with Crippen molar-refractivity contribution in [2.75, 3.05) is 0 Å². The Labute approximate surface area is 125 Å². The predicted octanol–water partition coefficient (Wildman–Crippen LogP) is 3.41. The fraction of sp³-hybridized carbons (Fsp3) is 0.267. The molecule has 102 valence electrons. The SMILES string of the molecule is O=C(O)C1(c2nccc(-c3ccc(Br)cc3)n2)CCC1. The molecule has 0 spiro atoms. The molecule has 4 nitrogen and oxygen atoms in total. The monoisotopic (exact) mass is 332 g/mol. The fourth-order valence-electron chi connectivity index (χ4n) is 2.43. The minimum absolute atomic E-state index is 0.427. The lowest BCUT2D eigenvalue weighted by Crippen LogP contribution is -2.43. The van der Waals surface area contributed by atoms with Gasteiger partial charge in [0.25, 0.3) is 0 Å². The predicted molar refractivity (Wildman–Crippen MR) is 78.3 cm³/mol. The van der Waals surface area contributed by atoms with Crippen LogP contribution in [0.15, 0.2) is 41.0 Å². The molecule has 1 N–H and O–H groups in total. The van der Waals surface area contributed by atoms with Gasteiger partial charge in [0.15, 0.2) is 0 Å². The number of halogens is 1. The summed E-state index contributed by atoms with van der Waals surface area (Å²) in [5.74, 6) is -0.395. The van der Waals surface area contributed by atoms with Crippen molar-refractivity contribution in [2.45, 2.75) is 24.7 Å². The highest BCUT2D eigenvalue weighted by Crippen LogP contribution is 2.42. The molecule has 1 aromatic heterocycles. The normalized spacial score (nSPS) is 16.4. The zero-order valence-electron chi connectivity index (χ0n) is 10.7. The van der Waals surface area contributed by atoms with Crippen molar-refractivity contribution in [3.8, 4) is 11.3 Å². The van der Waals surface area contributed by atoms with Crippen LogP contribution in [0.2, 0.25) is 0 Å². The van der Waals surface area contributed by atoms with Crippen molar-refractivity contribution in [2.24, 2.45) is 0 Å². The van der Waals surface area contributed by atoms with E-state index >= 15 is 0 Å². The topological polar surface area (TPSA) is 63.1 Å². The smallest absolute Gasteiger partial charge is 0.317 e. The average Bonchev–Trinajstić information content (AvgIpc) is 2.38. The van der Waals surface area contributed by atoms with Crippen molar-refractivity contribution in [3.05, 3.63) is 46.8 Å². The number of nitrogens with zero attached hydrogens (tertiary/aromatic N) is 2. The van der Waals surface area contributed by atoms with E-state index in [1.807, 2.05) is 24.3 Å². The van der Waals surface area contributed by atoms with Crippen LogP contribution in [-0.2, 0) is 10.2 Å². The Morgan fingerprint density at radius 3 is 2.45 bits per heavy atom. The number of benzene rings is 1. The molecule has 5 heteroatoms. The second-order valence-corrected chi connectivity index (χ2v) is 5.93. The van der Waals surface area contributed by atoms with Gasteiger partial charge in [-0.05, 0) is 31.0 Å². The third-order valence-corrected chi connectivity index (χ3v) is 4.37. The van der Waals surface area contributed by atoms with Gasteiger partial charge in [-0.15, -0.1) is 0 Å². The zero-order chi connectivity index (χ0) is 14.2. The van der Waals surface area contributed by atoms with Crippen molar-refractivity contribution < 1.29 is 9.90 Å². The van der Waals surface area contributed by atoms with Gasteiger partial charge in [-0.3, -0.25) is 4.79 Å². The maximum atomic E-state index is 11.5. The van der Waals surface area contributed by atoms with Gasteiger partial charge in [-0.25, -0.2) is 9.97 Å².